The van der Waals surface area contributed by atoms with Gasteiger partial charge in [0.1, 0.15) is 0 Å². The van der Waals surface area contributed by atoms with Gasteiger partial charge in [-0.25, -0.2) is 0 Å². The van der Waals surface area contributed by atoms with E-state index in [1.54, 1.807) is 6.92 Å². The van der Waals surface area contributed by atoms with E-state index in [1.165, 1.54) is 0 Å². The zero-order valence-corrected chi connectivity index (χ0v) is 8.05. The first-order valence-corrected chi connectivity index (χ1v) is 4.73. The minimum Gasteiger partial charge on any atom is -0.295 e. The van der Waals surface area contributed by atoms with Crippen molar-refractivity contribution in [1.29, 1.82) is 0 Å². The van der Waals surface area contributed by atoms with Crippen molar-refractivity contribution in [3.05, 3.63) is 11.6 Å². The van der Waals surface area contributed by atoms with Gasteiger partial charge in [-0.15, -0.1) is 0 Å². The topological polar surface area (TPSA) is 17.1 Å². The third-order valence-corrected chi connectivity index (χ3v) is 3.80. The summed E-state index contributed by atoms with van der Waals surface area (Å²) in [4.78, 5) is 11.1. The number of ketones is 1. The molecule has 0 unspecified atom stereocenters. The lowest BCUT2D eigenvalue weighted by Crippen LogP contribution is -2.02. The van der Waals surface area contributed by atoms with Crippen LogP contribution >= 0.6 is 0 Å². The smallest absolute Gasteiger partial charge is 0.155 e. The Hall–Kier alpha value is -0.590. The van der Waals surface area contributed by atoms with Crippen LogP contribution in [-0.2, 0) is 4.79 Å². The number of hydrogen-bond donors (Lipinski definition) is 0. The van der Waals surface area contributed by atoms with Crippen LogP contribution in [0.2, 0.25) is 0 Å². The average Bonchev–Trinajstić information content (AvgIpc) is 2.55. The third-order valence-electron chi connectivity index (χ3n) is 3.80. The molecule has 2 rings (SSSR count). The Kier molecular flexibility index (Phi) is 1.48. The zero-order chi connectivity index (χ0) is 8.93. The summed E-state index contributed by atoms with van der Waals surface area (Å²) in [6, 6.07) is 0. The van der Waals surface area contributed by atoms with Crippen LogP contribution in [0.3, 0.4) is 0 Å². The second-order valence-electron chi connectivity index (χ2n) is 4.76. The van der Waals surface area contributed by atoms with Crippen molar-refractivity contribution in [2.45, 2.75) is 33.6 Å². The molecular formula is C11H16O. The van der Waals surface area contributed by atoms with Crippen LogP contribution in [0, 0.1) is 17.3 Å². The number of allylic oxidation sites excluding steroid dienone is 2. The van der Waals surface area contributed by atoms with Crippen LogP contribution in [0.4, 0.5) is 0 Å². The number of hydrogen-bond acceptors (Lipinski definition) is 1. The Morgan fingerprint density at radius 1 is 1.50 bits per heavy atom. The Balaban J connectivity index is 2.11. The highest BCUT2D eigenvalue weighted by Crippen LogP contribution is 2.64. The molecule has 0 radical (unpaired) electrons. The van der Waals surface area contributed by atoms with Gasteiger partial charge in [-0.3, -0.25) is 4.79 Å². The predicted molar refractivity (Wildman–Crippen MR) is 48.8 cm³/mol. The molecule has 1 saturated carbocycles. The highest BCUT2D eigenvalue weighted by Gasteiger charge is 2.57. The summed E-state index contributed by atoms with van der Waals surface area (Å²) >= 11 is 0. The number of carbonyl (C=O) groups excluding carboxylic acids is 1. The Morgan fingerprint density at radius 3 is 2.67 bits per heavy atom. The molecular weight excluding hydrogens is 148 g/mol. The van der Waals surface area contributed by atoms with E-state index in [0.717, 1.165) is 30.3 Å². The maximum Gasteiger partial charge on any atom is 0.155 e. The van der Waals surface area contributed by atoms with Crippen molar-refractivity contribution in [2.75, 3.05) is 0 Å². The predicted octanol–water partition coefficient (Wildman–Crippen LogP) is 2.57. The summed E-state index contributed by atoms with van der Waals surface area (Å²) in [5.41, 5.74) is 1.58. The molecule has 0 aromatic rings. The molecule has 1 heteroatoms. The number of Topliss-reactive ketones (excluding diaryl/α,β-unsaturated/α-hetero) is 1. The summed E-state index contributed by atoms with van der Waals surface area (Å²) in [6.45, 7) is 6.32. The monoisotopic (exact) mass is 164 g/mol. The zero-order valence-electron chi connectivity index (χ0n) is 8.05. The second kappa shape index (κ2) is 2.21. The van der Waals surface area contributed by atoms with E-state index in [0.29, 0.717) is 5.41 Å². The number of fused-ring (bicyclic) bond motifs is 1. The fourth-order valence-electron chi connectivity index (χ4n) is 2.61. The Bertz CT molecular complexity index is 260. The Morgan fingerprint density at radius 2 is 2.17 bits per heavy atom. The number of rotatable bonds is 1. The molecule has 2 aliphatic carbocycles. The highest BCUT2D eigenvalue weighted by molar-refractivity contribution is 5.93. The molecule has 0 N–H and O–H groups in total. The van der Waals surface area contributed by atoms with Gasteiger partial charge >= 0.3 is 0 Å². The third kappa shape index (κ3) is 0.954. The van der Waals surface area contributed by atoms with E-state index < -0.39 is 0 Å². The van der Waals surface area contributed by atoms with Gasteiger partial charge in [-0.05, 0) is 42.6 Å². The van der Waals surface area contributed by atoms with Gasteiger partial charge in [-0.1, -0.05) is 19.9 Å². The Labute approximate surface area is 73.8 Å². The highest BCUT2D eigenvalue weighted by atomic mass is 16.1. The van der Waals surface area contributed by atoms with Gasteiger partial charge in [-0.2, -0.15) is 0 Å². The summed E-state index contributed by atoms with van der Waals surface area (Å²) < 4.78 is 0. The van der Waals surface area contributed by atoms with Gasteiger partial charge in [0.25, 0.3) is 0 Å². The lowest BCUT2D eigenvalue weighted by molar-refractivity contribution is -0.113. The molecule has 2 aliphatic rings. The second-order valence-corrected chi connectivity index (χ2v) is 4.76. The van der Waals surface area contributed by atoms with Crippen molar-refractivity contribution >= 4 is 5.78 Å². The quantitative estimate of drug-likeness (QED) is 0.582. The molecule has 0 aliphatic heterocycles. The van der Waals surface area contributed by atoms with Crippen LogP contribution in [-0.4, -0.2) is 5.78 Å². The van der Waals surface area contributed by atoms with Crippen molar-refractivity contribution < 1.29 is 4.79 Å². The van der Waals surface area contributed by atoms with Crippen LogP contribution in [0.5, 0.6) is 0 Å². The van der Waals surface area contributed by atoms with E-state index >= 15 is 0 Å². The fraction of sp³-hybridized carbons (Fsp3) is 0.727. The number of carbonyl (C=O) groups is 1. The minimum atomic E-state index is 0.274. The van der Waals surface area contributed by atoms with Crippen molar-refractivity contribution in [3.63, 3.8) is 0 Å². The fourth-order valence-corrected chi connectivity index (χ4v) is 2.61. The van der Waals surface area contributed by atoms with Gasteiger partial charge in [0.15, 0.2) is 5.78 Å². The maximum absolute atomic E-state index is 11.1. The summed E-state index contributed by atoms with van der Waals surface area (Å²) in [6.07, 6.45) is 4.32. The normalized spacial score (nSPS) is 36.8. The molecule has 12 heavy (non-hydrogen) atoms. The molecule has 0 aromatic heterocycles. The molecule has 2 atom stereocenters. The van der Waals surface area contributed by atoms with E-state index in [4.69, 9.17) is 0 Å². The average molecular weight is 164 g/mol. The van der Waals surface area contributed by atoms with Crippen molar-refractivity contribution in [3.8, 4) is 0 Å². The van der Waals surface area contributed by atoms with E-state index in [1.807, 2.05) is 0 Å². The molecule has 0 spiro atoms. The summed E-state index contributed by atoms with van der Waals surface area (Å²) in [7, 11) is 0. The first-order valence-electron chi connectivity index (χ1n) is 4.73. The van der Waals surface area contributed by atoms with Crippen LogP contribution < -0.4 is 0 Å². The maximum atomic E-state index is 11.1. The molecule has 1 fully saturated rings. The van der Waals surface area contributed by atoms with Crippen molar-refractivity contribution in [2.24, 2.45) is 17.3 Å². The first-order chi connectivity index (χ1) is 5.53. The van der Waals surface area contributed by atoms with Crippen LogP contribution in [0.1, 0.15) is 33.6 Å². The van der Waals surface area contributed by atoms with Gasteiger partial charge in [0.05, 0.1) is 0 Å². The first kappa shape index (κ1) is 8.03. The minimum absolute atomic E-state index is 0.274. The SMILES string of the molecule is CC(=O)C1=CC[C@H]2[C@@H](C1)C2(C)C. The molecule has 0 heterocycles. The van der Waals surface area contributed by atoms with Crippen LogP contribution in [0.25, 0.3) is 0 Å². The standard InChI is InChI=1S/C11H16O/c1-7(12)8-4-5-9-10(6-8)11(9,2)3/h4,9-10H,5-6H2,1-3H3/t9-,10+/m0/s1. The molecule has 66 valence electrons. The lowest BCUT2D eigenvalue weighted by atomic mass is 9.97. The van der Waals surface area contributed by atoms with E-state index in [2.05, 4.69) is 19.9 Å². The molecule has 0 saturated heterocycles. The molecule has 0 aromatic carbocycles. The molecule has 1 nitrogen and oxygen atoms in total. The van der Waals surface area contributed by atoms with Gasteiger partial charge in [0.2, 0.25) is 0 Å². The summed E-state index contributed by atoms with van der Waals surface area (Å²) in [5, 5.41) is 0. The van der Waals surface area contributed by atoms with Crippen molar-refractivity contribution in [1.82, 2.24) is 0 Å². The van der Waals surface area contributed by atoms with E-state index in [9.17, 15) is 4.79 Å². The molecule has 0 bridgehead atoms. The largest absolute Gasteiger partial charge is 0.295 e. The lowest BCUT2D eigenvalue weighted by Gasteiger charge is -2.07. The van der Waals surface area contributed by atoms with Gasteiger partial charge < -0.3 is 0 Å². The molecule has 0 amide bonds. The van der Waals surface area contributed by atoms with Gasteiger partial charge in [0, 0.05) is 0 Å². The van der Waals surface area contributed by atoms with E-state index in [-0.39, 0.29) is 5.78 Å². The van der Waals surface area contributed by atoms with Crippen LogP contribution in [0.15, 0.2) is 11.6 Å². The summed E-state index contributed by atoms with van der Waals surface area (Å²) in [5.74, 6) is 1.93.